The maximum atomic E-state index is 12.6. The summed E-state index contributed by atoms with van der Waals surface area (Å²) in [6, 6.07) is 17.1. The minimum Gasteiger partial charge on any atom is -0.496 e. The van der Waals surface area contributed by atoms with E-state index in [1.165, 1.54) is 5.69 Å². The van der Waals surface area contributed by atoms with E-state index in [2.05, 4.69) is 67.6 Å². The summed E-state index contributed by atoms with van der Waals surface area (Å²) in [4.78, 5) is 16.5. The van der Waals surface area contributed by atoms with Gasteiger partial charge < -0.3 is 15.0 Å². The van der Waals surface area contributed by atoms with E-state index in [1.54, 1.807) is 30.1 Å². The van der Waals surface area contributed by atoms with Gasteiger partial charge in [0.05, 0.1) is 17.3 Å². The molecule has 3 aromatic carbocycles. The molecule has 10 heteroatoms. The van der Waals surface area contributed by atoms with Crippen LogP contribution in [0, 0.1) is 6.92 Å². The maximum Gasteiger partial charge on any atom is 0.257 e. The Kier molecular flexibility index (Phi) is 7.85. The lowest BCUT2D eigenvalue weighted by Gasteiger charge is -2.20. The molecular formula is C26H27BrN6O2S. The number of methoxy groups -OCH3 is 1. The normalized spacial score (nSPS) is 10.8. The van der Waals surface area contributed by atoms with Crippen molar-refractivity contribution in [3.8, 4) is 11.4 Å². The molecule has 0 saturated heterocycles. The highest BCUT2D eigenvalue weighted by atomic mass is 79.9. The lowest BCUT2D eigenvalue weighted by atomic mass is 10.2. The SMILES string of the molecule is CCN(CC)c1ccc(-n2nc3cc(C)c(NC(=S)NC(=O)c4ccc(OC)c(Br)c4)cc3n2)cc1. The van der Waals surface area contributed by atoms with E-state index in [9.17, 15) is 4.79 Å². The van der Waals surface area contributed by atoms with Crippen molar-refractivity contribution >= 4 is 61.6 Å². The molecule has 0 fully saturated rings. The third-order valence-electron chi connectivity index (χ3n) is 5.82. The number of aryl methyl sites for hydroxylation is 1. The molecule has 4 aromatic rings. The number of fused-ring (bicyclic) bond motifs is 1. The Morgan fingerprint density at radius 2 is 1.72 bits per heavy atom. The summed E-state index contributed by atoms with van der Waals surface area (Å²) in [5.74, 6) is 0.317. The van der Waals surface area contributed by atoms with Gasteiger partial charge in [0.15, 0.2) is 5.11 Å². The molecule has 0 unspecified atom stereocenters. The molecule has 36 heavy (non-hydrogen) atoms. The van der Waals surface area contributed by atoms with Gasteiger partial charge in [-0.3, -0.25) is 10.1 Å². The van der Waals surface area contributed by atoms with Crippen LogP contribution in [0.15, 0.2) is 59.1 Å². The van der Waals surface area contributed by atoms with Gasteiger partial charge >= 0.3 is 0 Å². The number of benzene rings is 3. The molecule has 8 nitrogen and oxygen atoms in total. The summed E-state index contributed by atoms with van der Waals surface area (Å²) < 4.78 is 5.89. The van der Waals surface area contributed by atoms with Gasteiger partial charge in [-0.1, -0.05) is 0 Å². The van der Waals surface area contributed by atoms with Crippen LogP contribution >= 0.6 is 28.1 Å². The van der Waals surface area contributed by atoms with Gasteiger partial charge in [0.25, 0.3) is 5.91 Å². The fraction of sp³-hybridized carbons (Fsp3) is 0.231. The van der Waals surface area contributed by atoms with E-state index in [-0.39, 0.29) is 11.0 Å². The molecule has 0 aliphatic heterocycles. The quantitative estimate of drug-likeness (QED) is 0.287. The maximum absolute atomic E-state index is 12.6. The first-order valence-corrected chi connectivity index (χ1v) is 12.7. The zero-order chi connectivity index (χ0) is 25.8. The van der Waals surface area contributed by atoms with Crippen LogP contribution in [0.3, 0.4) is 0 Å². The Bertz CT molecular complexity index is 1420. The second kappa shape index (κ2) is 11.0. The van der Waals surface area contributed by atoms with Gasteiger partial charge in [0, 0.05) is 30.0 Å². The Hall–Kier alpha value is -3.50. The first-order chi connectivity index (χ1) is 17.3. The summed E-state index contributed by atoms with van der Waals surface area (Å²) >= 11 is 8.78. The van der Waals surface area contributed by atoms with Gasteiger partial charge in [-0.05, 0) is 109 Å². The third kappa shape index (κ3) is 5.50. The summed E-state index contributed by atoms with van der Waals surface area (Å²) in [6.45, 7) is 8.14. The summed E-state index contributed by atoms with van der Waals surface area (Å²) in [5, 5.41) is 15.3. The van der Waals surface area contributed by atoms with Crippen LogP contribution in [0.1, 0.15) is 29.8 Å². The van der Waals surface area contributed by atoms with Crippen molar-refractivity contribution in [3.63, 3.8) is 0 Å². The van der Waals surface area contributed by atoms with Crippen molar-refractivity contribution in [1.82, 2.24) is 20.3 Å². The number of rotatable bonds is 7. The van der Waals surface area contributed by atoms with Crippen molar-refractivity contribution in [2.24, 2.45) is 0 Å². The van der Waals surface area contributed by atoms with Crippen LogP contribution in [0.5, 0.6) is 5.75 Å². The molecule has 1 heterocycles. The number of aromatic nitrogens is 3. The van der Waals surface area contributed by atoms with Gasteiger partial charge in [-0.2, -0.15) is 4.80 Å². The van der Waals surface area contributed by atoms with Crippen molar-refractivity contribution in [2.75, 3.05) is 30.4 Å². The highest BCUT2D eigenvalue weighted by Gasteiger charge is 2.13. The molecule has 0 atom stereocenters. The highest BCUT2D eigenvalue weighted by Crippen LogP contribution is 2.26. The van der Waals surface area contributed by atoms with E-state index >= 15 is 0 Å². The summed E-state index contributed by atoms with van der Waals surface area (Å²) in [6.07, 6.45) is 0. The Morgan fingerprint density at radius 3 is 2.33 bits per heavy atom. The Labute approximate surface area is 223 Å². The Morgan fingerprint density at radius 1 is 1.06 bits per heavy atom. The molecule has 186 valence electrons. The van der Waals surface area contributed by atoms with Crippen LogP contribution in [-0.4, -0.2) is 46.2 Å². The monoisotopic (exact) mass is 566 g/mol. The van der Waals surface area contributed by atoms with E-state index < -0.39 is 0 Å². The lowest BCUT2D eigenvalue weighted by Crippen LogP contribution is -2.34. The van der Waals surface area contributed by atoms with Crippen LogP contribution < -0.4 is 20.3 Å². The number of anilines is 2. The number of nitrogens with one attached hydrogen (secondary N) is 2. The standard InChI is InChI=1S/C26H27BrN6O2S/c1-5-32(6-2)18-8-10-19(11-9-18)33-30-22-13-16(3)21(15-23(22)31-33)28-26(36)29-25(34)17-7-12-24(35-4)20(27)14-17/h7-15H,5-6H2,1-4H3,(H2,28,29,34,36). The predicted molar refractivity (Wildman–Crippen MR) is 152 cm³/mol. The zero-order valence-corrected chi connectivity index (χ0v) is 22.9. The number of carbonyl (C=O) groups is 1. The molecule has 0 spiro atoms. The van der Waals surface area contributed by atoms with Gasteiger partial charge in [0.2, 0.25) is 0 Å². The van der Waals surface area contributed by atoms with Crippen LogP contribution in [0.25, 0.3) is 16.7 Å². The molecule has 0 aliphatic rings. The second-order valence-electron chi connectivity index (χ2n) is 8.09. The minimum atomic E-state index is -0.325. The average Bonchev–Trinajstić information content (AvgIpc) is 3.28. The zero-order valence-electron chi connectivity index (χ0n) is 20.5. The van der Waals surface area contributed by atoms with Crippen LogP contribution in [0.4, 0.5) is 11.4 Å². The number of ether oxygens (including phenoxy) is 1. The number of nitrogens with zero attached hydrogens (tertiary/aromatic N) is 4. The van der Waals surface area contributed by atoms with Crippen molar-refractivity contribution in [2.45, 2.75) is 20.8 Å². The predicted octanol–water partition coefficient (Wildman–Crippen LogP) is 5.47. The first-order valence-electron chi connectivity index (χ1n) is 11.5. The average molecular weight is 568 g/mol. The Balaban J connectivity index is 1.49. The van der Waals surface area contributed by atoms with Gasteiger partial charge in [-0.25, -0.2) is 0 Å². The molecule has 2 N–H and O–H groups in total. The van der Waals surface area contributed by atoms with Gasteiger partial charge in [-0.15, -0.1) is 10.2 Å². The molecule has 1 aromatic heterocycles. The molecule has 0 saturated carbocycles. The molecule has 0 radical (unpaired) electrons. The fourth-order valence-corrected chi connectivity index (χ4v) is 4.58. The lowest BCUT2D eigenvalue weighted by molar-refractivity contribution is 0.0977. The summed E-state index contributed by atoms with van der Waals surface area (Å²) in [7, 11) is 1.57. The molecular weight excluding hydrogens is 540 g/mol. The first kappa shape index (κ1) is 25.6. The van der Waals surface area contributed by atoms with E-state index in [0.29, 0.717) is 21.3 Å². The van der Waals surface area contributed by atoms with E-state index in [0.717, 1.165) is 35.5 Å². The minimum absolute atomic E-state index is 0.189. The summed E-state index contributed by atoms with van der Waals surface area (Å²) in [5.41, 5.74) is 5.65. The number of hydrogen-bond donors (Lipinski definition) is 2. The van der Waals surface area contributed by atoms with Crippen molar-refractivity contribution in [1.29, 1.82) is 0 Å². The van der Waals surface area contributed by atoms with E-state index in [4.69, 9.17) is 17.0 Å². The number of amides is 1. The van der Waals surface area contributed by atoms with Crippen molar-refractivity contribution in [3.05, 3.63) is 70.2 Å². The number of hydrogen-bond acceptors (Lipinski definition) is 6. The third-order valence-corrected chi connectivity index (χ3v) is 6.65. The highest BCUT2D eigenvalue weighted by molar-refractivity contribution is 9.10. The van der Waals surface area contributed by atoms with Crippen LogP contribution in [0.2, 0.25) is 0 Å². The number of halogens is 1. The number of carbonyl (C=O) groups excluding carboxylic acids is 1. The number of thiocarbonyl (C=S) groups is 1. The second-order valence-corrected chi connectivity index (χ2v) is 9.35. The fourth-order valence-electron chi connectivity index (χ4n) is 3.84. The molecule has 0 aliphatic carbocycles. The largest absolute Gasteiger partial charge is 0.496 e. The van der Waals surface area contributed by atoms with Gasteiger partial charge in [0.1, 0.15) is 16.8 Å². The van der Waals surface area contributed by atoms with Crippen LogP contribution in [-0.2, 0) is 0 Å². The topological polar surface area (TPSA) is 84.3 Å². The van der Waals surface area contributed by atoms with E-state index in [1.807, 2.05) is 31.2 Å². The molecule has 4 rings (SSSR count). The smallest absolute Gasteiger partial charge is 0.257 e. The van der Waals surface area contributed by atoms with Crippen molar-refractivity contribution < 1.29 is 9.53 Å². The molecule has 1 amide bonds. The molecule has 0 bridgehead atoms.